The number of hydrogen-bond acceptors (Lipinski definition) is 7. The van der Waals surface area contributed by atoms with Gasteiger partial charge < -0.3 is 4.74 Å². The number of methoxy groups -OCH3 is 1. The molecule has 1 aromatic carbocycles. The third kappa shape index (κ3) is 4.75. The number of aromatic nitrogens is 5. The number of fused-ring (bicyclic) bond motifs is 1. The molecule has 0 aliphatic heterocycles. The van der Waals surface area contributed by atoms with Gasteiger partial charge in [-0.25, -0.2) is 14.8 Å². The fourth-order valence-electron chi connectivity index (χ4n) is 2.96. The van der Waals surface area contributed by atoms with Crippen LogP contribution in [0.5, 0.6) is 5.75 Å². The van der Waals surface area contributed by atoms with Gasteiger partial charge in [0.05, 0.1) is 31.7 Å². The molecule has 0 saturated heterocycles. The highest BCUT2D eigenvalue weighted by Crippen LogP contribution is 2.20. The third-order valence-electron chi connectivity index (χ3n) is 4.58. The molecule has 1 N–H and O–H groups in total. The Morgan fingerprint density at radius 2 is 2.10 bits per heavy atom. The summed E-state index contributed by atoms with van der Waals surface area (Å²) >= 11 is 4.09. The van der Waals surface area contributed by atoms with Crippen molar-refractivity contribution in [3.8, 4) is 17.0 Å². The molecule has 0 unspecified atom stereocenters. The molecule has 158 valence electrons. The number of nitrogens with one attached hydrogen (secondary N) is 1. The second-order valence-corrected chi connectivity index (χ2v) is 7.20. The van der Waals surface area contributed by atoms with Crippen LogP contribution >= 0.6 is 12.8 Å². The number of anilines is 1. The summed E-state index contributed by atoms with van der Waals surface area (Å²) in [6.07, 6.45) is 5.32. The van der Waals surface area contributed by atoms with Crippen LogP contribution in [-0.4, -0.2) is 48.7 Å². The van der Waals surface area contributed by atoms with Crippen LogP contribution in [0.3, 0.4) is 0 Å². The van der Waals surface area contributed by atoms with Gasteiger partial charge in [-0.15, -0.1) is 0 Å². The molecule has 4 aromatic rings. The molecule has 2 amide bonds. The summed E-state index contributed by atoms with van der Waals surface area (Å²) in [7, 11) is 1.65. The van der Waals surface area contributed by atoms with E-state index >= 15 is 0 Å². The summed E-state index contributed by atoms with van der Waals surface area (Å²) in [5.74, 6) is 1.18. The van der Waals surface area contributed by atoms with Crippen LogP contribution in [0.25, 0.3) is 22.4 Å². The van der Waals surface area contributed by atoms with Crippen molar-refractivity contribution in [3.63, 3.8) is 0 Å². The summed E-state index contributed by atoms with van der Waals surface area (Å²) in [6, 6.07) is 10.9. The van der Waals surface area contributed by atoms with Crippen LogP contribution in [0, 0.1) is 0 Å². The molecule has 3 heterocycles. The highest BCUT2D eigenvalue weighted by Gasteiger charge is 2.11. The normalized spacial score (nSPS) is 10.8. The van der Waals surface area contributed by atoms with E-state index in [4.69, 9.17) is 4.74 Å². The highest BCUT2D eigenvalue weighted by atomic mass is 32.1. The molecule has 0 bridgehead atoms. The maximum absolute atomic E-state index is 12.0. The minimum Gasteiger partial charge on any atom is -0.497 e. The summed E-state index contributed by atoms with van der Waals surface area (Å²) < 4.78 is 8.35. The zero-order valence-corrected chi connectivity index (χ0v) is 18.0. The van der Waals surface area contributed by atoms with Crippen LogP contribution in [0.4, 0.5) is 10.6 Å². The van der Waals surface area contributed by atoms with Crippen molar-refractivity contribution < 1.29 is 9.53 Å². The van der Waals surface area contributed by atoms with E-state index in [1.165, 1.54) is 4.31 Å². The standard InChI is InChI=1S/C21H21N7O2S/c1-3-28(31)21(29)26-19-8-7-17-20(25-19)24-18(11-22-17)15-10-23-27(13-15)12-14-5-4-6-16(9-14)30-2/h4-11,13,31H,3,12H2,1-2H3,(H,24,25,26,29). The zero-order valence-electron chi connectivity index (χ0n) is 17.1. The summed E-state index contributed by atoms with van der Waals surface area (Å²) in [4.78, 5) is 25.4. The van der Waals surface area contributed by atoms with E-state index in [2.05, 4.69) is 38.2 Å². The number of rotatable bonds is 6. The number of thiol groups is 1. The molecule has 0 aliphatic carbocycles. The lowest BCUT2D eigenvalue weighted by atomic mass is 10.2. The number of urea groups is 1. The van der Waals surface area contributed by atoms with Crippen LogP contribution in [-0.2, 0) is 6.54 Å². The van der Waals surface area contributed by atoms with Gasteiger partial charge in [-0.1, -0.05) is 24.9 Å². The molecule has 0 spiro atoms. The van der Waals surface area contributed by atoms with E-state index in [0.717, 1.165) is 16.9 Å². The first-order valence-corrected chi connectivity index (χ1v) is 10.0. The molecule has 0 atom stereocenters. The molecule has 0 radical (unpaired) electrons. The van der Waals surface area contributed by atoms with Gasteiger partial charge in [-0.2, -0.15) is 5.10 Å². The van der Waals surface area contributed by atoms with Crippen LogP contribution in [0.15, 0.2) is 55.0 Å². The van der Waals surface area contributed by atoms with Crippen molar-refractivity contribution in [2.24, 2.45) is 0 Å². The van der Waals surface area contributed by atoms with E-state index in [1.54, 1.807) is 31.6 Å². The van der Waals surface area contributed by atoms with Crippen molar-refractivity contribution in [1.82, 2.24) is 29.0 Å². The Kier molecular flexibility index (Phi) is 5.99. The smallest absolute Gasteiger partial charge is 0.332 e. The highest BCUT2D eigenvalue weighted by molar-refractivity contribution is 7.78. The average Bonchev–Trinajstić information content (AvgIpc) is 3.26. The third-order valence-corrected chi connectivity index (χ3v) is 5.05. The monoisotopic (exact) mass is 435 g/mol. The number of benzene rings is 1. The molecule has 0 saturated carbocycles. The van der Waals surface area contributed by atoms with Gasteiger partial charge >= 0.3 is 6.03 Å². The second-order valence-electron chi connectivity index (χ2n) is 6.72. The number of pyridine rings is 1. The van der Waals surface area contributed by atoms with Gasteiger partial charge in [0.15, 0.2) is 5.65 Å². The molecule has 9 nitrogen and oxygen atoms in total. The maximum atomic E-state index is 12.0. The molecular weight excluding hydrogens is 414 g/mol. The first-order chi connectivity index (χ1) is 15.1. The van der Waals surface area contributed by atoms with E-state index in [9.17, 15) is 4.79 Å². The Bertz CT molecular complexity index is 1230. The first-order valence-electron chi connectivity index (χ1n) is 9.62. The van der Waals surface area contributed by atoms with Gasteiger partial charge in [0, 0.05) is 18.3 Å². The Labute approximate surface area is 184 Å². The van der Waals surface area contributed by atoms with Gasteiger partial charge in [-0.3, -0.25) is 19.3 Å². The Morgan fingerprint density at radius 1 is 1.23 bits per heavy atom. The molecule has 0 fully saturated rings. The predicted octanol–water partition coefficient (Wildman–Crippen LogP) is 3.64. The predicted molar refractivity (Wildman–Crippen MR) is 121 cm³/mol. The molecule has 3 aromatic heterocycles. The number of amides is 2. The number of hydrogen-bond donors (Lipinski definition) is 2. The molecular formula is C21H21N7O2S. The summed E-state index contributed by atoms with van der Waals surface area (Å²) in [5, 5.41) is 7.12. The topological polar surface area (TPSA) is 98.1 Å². The van der Waals surface area contributed by atoms with Gasteiger partial charge in [0.2, 0.25) is 0 Å². The fraction of sp³-hybridized carbons (Fsp3) is 0.190. The van der Waals surface area contributed by atoms with Crippen LogP contribution < -0.4 is 10.1 Å². The van der Waals surface area contributed by atoms with Gasteiger partial charge in [0.25, 0.3) is 0 Å². The van der Waals surface area contributed by atoms with Gasteiger partial charge in [0.1, 0.15) is 17.1 Å². The average molecular weight is 436 g/mol. The first kappa shape index (κ1) is 20.6. The van der Waals surface area contributed by atoms with Crippen molar-refractivity contribution in [1.29, 1.82) is 0 Å². The Morgan fingerprint density at radius 3 is 2.90 bits per heavy atom. The lowest BCUT2D eigenvalue weighted by Gasteiger charge is -2.13. The van der Waals surface area contributed by atoms with E-state index in [1.807, 2.05) is 42.1 Å². The number of carbonyl (C=O) groups is 1. The van der Waals surface area contributed by atoms with Crippen LogP contribution in [0.2, 0.25) is 0 Å². The molecule has 0 aliphatic rings. The molecule has 31 heavy (non-hydrogen) atoms. The quantitative estimate of drug-likeness (QED) is 0.449. The van der Waals surface area contributed by atoms with Crippen molar-refractivity contribution in [3.05, 3.63) is 60.6 Å². The maximum Gasteiger partial charge on any atom is 0.332 e. The van der Waals surface area contributed by atoms with E-state index in [-0.39, 0.29) is 6.03 Å². The minimum absolute atomic E-state index is 0.361. The minimum atomic E-state index is -0.361. The van der Waals surface area contributed by atoms with Crippen molar-refractivity contribution >= 4 is 35.8 Å². The van der Waals surface area contributed by atoms with Crippen molar-refractivity contribution in [2.45, 2.75) is 13.5 Å². The zero-order chi connectivity index (χ0) is 21.8. The lowest BCUT2D eigenvalue weighted by molar-refractivity contribution is 0.240. The largest absolute Gasteiger partial charge is 0.497 e. The molecule has 10 heteroatoms. The van der Waals surface area contributed by atoms with Crippen molar-refractivity contribution in [2.75, 3.05) is 19.0 Å². The SMILES string of the molecule is CCN(S)C(=O)Nc1ccc2ncc(-c3cnn(Cc4cccc(OC)c4)c3)nc2n1. The lowest BCUT2D eigenvalue weighted by Crippen LogP contribution is -2.27. The second kappa shape index (κ2) is 9.00. The number of nitrogens with zero attached hydrogens (tertiary/aromatic N) is 6. The van der Waals surface area contributed by atoms with E-state index < -0.39 is 0 Å². The summed E-state index contributed by atoms with van der Waals surface area (Å²) in [6.45, 7) is 2.89. The number of carbonyl (C=O) groups excluding carboxylic acids is 1. The molecule has 4 rings (SSSR count). The Hall–Kier alpha value is -3.66. The van der Waals surface area contributed by atoms with Crippen LogP contribution in [0.1, 0.15) is 12.5 Å². The summed E-state index contributed by atoms with van der Waals surface area (Å²) in [5.41, 5.74) is 3.60. The van der Waals surface area contributed by atoms with Gasteiger partial charge in [-0.05, 0) is 36.8 Å². The fourth-order valence-corrected chi connectivity index (χ4v) is 3.01. The van der Waals surface area contributed by atoms with E-state index in [0.29, 0.717) is 35.8 Å². The number of ether oxygens (including phenoxy) is 1. The Balaban J connectivity index is 1.56.